The number of aryl methyl sites for hydroxylation is 1. The number of nitrogens with zero attached hydrogens (tertiary/aromatic N) is 1. The average Bonchev–Trinajstić information content (AvgIpc) is 2.49. The maximum Gasteiger partial charge on any atom is 0.220 e. The molecule has 0 aliphatic carbocycles. The molecule has 1 aliphatic heterocycles. The van der Waals surface area contributed by atoms with Gasteiger partial charge in [0.15, 0.2) is 0 Å². The summed E-state index contributed by atoms with van der Waals surface area (Å²) in [6.45, 7) is 7.82. The van der Waals surface area contributed by atoms with E-state index in [4.69, 9.17) is 11.6 Å². The molecule has 5 heteroatoms. The van der Waals surface area contributed by atoms with Crippen molar-refractivity contribution in [1.29, 1.82) is 0 Å². The highest BCUT2D eigenvalue weighted by Crippen LogP contribution is 2.47. The molecule has 3 nitrogen and oxygen atoms in total. The summed E-state index contributed by atoms with van der Waals surface area (Å²) >= 11 is 6.61. The fourth-order valence-corrected chi connectivity index (χ4v) is 3.80. The third kappa shape index (κ3) is 2.50. The number of halogens is 2. The van der Waals surface area contributed by atoms with Crippen molar-refractivity contribution in [3.63, 3.8) is 0 Å². The number of nitrogens with one attached hydrogen (secondary N) is 1. The Kier molecular flexibility index (Phi) is 3.85. The van der Waals surface area contributed by atoms with Gasteiger partial charge >= 0.3 is 0 Å². The molecule has 0 fully saturated rings. The minimum Gasteiger partial charge on any atom is -0.390 e. The Balaban J connectivity index is 2.26. The topological polar surface area (TPSA) is 45.2 Å². The molecule has 2 N–H and O–H groups in total. The van der Waals surface area contributed by atoms with Crippen molar-refractivity contribution in [2.24, 2.45) is 0 Å². The summed E-state index contributed by atoms with van der Waals surface area (Å²) < 4.78 is 14.1. The molecule has 1 aromatic carbocycles. The summed E-state index contributed by atoms with van der Waals surface area (Å²) in [6.07, 6.45) is 0.815. The van der Waals surface area contributed by atoms with Crippen molar-refractivity contribution in [3.05, 3.63) is 46.5 Å². The Morgan fingerprint density at radius 2 is 2.04 bits per heavy atom. The zero-order valence-electron chi connectivity index (χ0n) is 13.6. The van der Waals surface area contributed by atoms with Crippen molar-refractivity contribution >= 4 is 17.3 Å². The van der Waals surface area contributed by atoms with E-state index in [1.807, 2.05) is 33.8 Å². The summed E-state index contributed by atoms with van der Waals surface area (Å²) in [5.74, 6) is -0.710. The maximum atomic E-state index is 14.1. The summed E-state index contributed by atoms with van der Waals surface area (Å²) in [5.41, 5.74) is 3.24. The van der Waals surface area contributed by atoms with Gasteiger partial charge in [-0.3, -0.25) is 0 Å². The molecule has 0 bridgehead atoms. The van der Waals surface area contributed by atoms with Crippen LogP contribution >= 0.6 is 11.6 Å². The zero-order valence-corrected chi connectivity index (χ0v) is 14.4. The molecule has 1 aromatic heterocycles. The molecular formula is C18H20ClFN2O. The van der Waals surface area contributed by atoms with E-state index in [9.17, 15) is 9.50 Å². The molecule has 122 valence electrons. The normalized spacial score (nSPS) is 22.4. The van der Waals surface area contributed by atoms with E-state index < -0.39 is 17.6 Å². The van der Waals surface area contributed by atoms with Crippen LogP contribution in [-0.2, 0) is 0 Å². The van der Waals surface area contributed by atoms with Gasteiger partial charge in [0, 0.05) is 34.5 Å². The lowest BCUT2D eigenvalue weighted by Gasteiger charge is -2.43. The fourth-order valence-electron chi connectivity index (χ4n) is 3.37. The first kappa shape index (κ1) is 16.2. The molecule has 0 saturated heterocycles. The number of anilines is 1. The Hall–Kier alpha value is -1.65. The second-order valence-electron chi connectivity index (χ2n) is 6.77. The van der Waals surface area contributed by atoms with Gasteiger partial charge < -0.3 is 10.4 Å². The first-order chi connectivity index (χ1) is 10.7. The van der Waals surface area contributed by atoms with Gasteiger partial charge in [-0.15, -0.1) is 0 Å². The van der Waals surface area contributed by atoms with E-state index in [1.165, 1.54) is 6.20 Å². The standard InChI is InChI=1S/C18H20ClFN2O/c1-9-8-12(11-6-5-7-21-17(11)20)14(19)13-10(2)16(23)18(3,4)22-15(9)13/h5-8,10,16,22-23H,1-4H3. The molecule has 23 heavy (non-hydrogen) atoms. The van der Waals surface area contributed by atoms with E-state index >= 15 is 0 Å². The van der Waals surface area contributed by atoms with Crippen LogP contribution in [-0.4, -0.2) is 21.7 Å². The third-order valence-electron chi connectivity index (χ3n) is 4.66. The molecule has 0 radical (unpaired) electrons. The van der Waals surface area contributed by atoms with Gasteiger partial charge in [0.05, 0.1) is 16.7 Å². The van der Waals surface area contributed by atoms with Crippen LogP contribution in [0.1, 0.15) is 37.8 Å². The lowest BCUT2D eigenvalue weighted by molar-refractivity contribution is 0.0869. The van der Waals surface area contributed by atoms with E-state index in [-0.39, 0.29) is 5.92 Å². The van der Waals surface area contributed by atoms with Crippen LogP contribution < -0.4 is 5.32 Å². The minimum atomic E-state index is -0.596. The number of fused-ring (bicyclic) bond motifs is 1. The molecule has 1 aliphatic rings. The summed E-state index contributed by atoms with van der Waals surface area (Å²) in [4.78, 5) is 3.71. The quantitative estimate of drug-likeness (QED) is 0.754. The van der Waals surface area contributed by atoms with E-state index in [0.29, 0.717) is 16.1 Å². The van der Waals surface area contributed by atoms with Gasteiger partial charge in [-0.05, 0) is 44.5 Å². The second kappa shape index (κ2) is 5.46. The smallest absolute Gasteiger partial charge is 0.220 e. The van der Waals surface area contributed by atoms with Crippen LogP contribution in [0.25, 0.3) is 11.1 Å². The highest BCUT2D eigenvalue weighted by Gasteiger charge is 2.40. The third-order valence-corrected chi connectivity index (χ3v) is 5.07. The van der Waals surface area contributed by atoms with Crippen LogP contribution in [0, 0.1) is 12.9 Å². The number of aliphatic hydroxyl groups excluding tert-OH is 1. The number of pyridine rings is 1. The highest BCUT2D eigenvalue weighted by atomic mass is 35.5. The number of hydrogen-bond acceptors (Lipinski definition) is 3. The number of aromatic nitrogens is 1. The van der Waals surface area contributed by atoms with Crippen molar-refractivity contribution in [2.45, 2.75) is 45.3 Å². The van der Waals surface area contributed by atoms with E-state index in [0.717, 1.165) is 16.8 Å². The molecule has 3 rings (SSSR count). The number of benzene rings is 1. The Morgan fingerprint density at radius 1 is 1.35 bits per heavy atom. The zero-order chi connectivity index (χ0) is 16.9. The lowest BCUT2D eigenvalue weighted by Crippen LogP contribution is -2.50. The second-order valence-corrected chi connectivity index (χ2v) is 7.14. The van der Waals surface area contributed by atoms with Crippen molar-refractivity contribution in [1.82, 2.24) is 4.98 Å². The molecule has 2 atom stereocenters. The van der Waals surface area contributed by atoms with Crippen LogP contribution in [0.4, 0.5) is 10.1 Å². The number of rotatable bonds is 1. The van der Waals surface area contributed by atoms with Crippen molar-refractivity contribution < 1.29 is 9.50 Å². The molecule has 2 aromatic rings. The molecule has 0 amide bonds. The fraction of sp³-hybridized carbons (Fsp3) is 0.389. The van der Waals surface area contributed by atoms with Gasteiger partial charge in [0.2, 0.25) is 5.95 Å². The van der Waals surface area contributed by atoms with Crippen molar-refractivity contribution in [3.8, 4) is 11.1 Å². The van der Waals surface area contributed by atoms with Crippen molar-refractivity contribution in [2.75, 3.05) is 5.32 Å². The van der Waals surface area contributed by atoms with Gasteiger partial charge in [-0.25, -0.2) is 4.98 Å². The first-order valence-corrected chi connectivity index (χ1v) is 8.02. The van der Waals surface area contributed by atoms with E-state index in [2.05, 4.69) is 10.3 Å². The van der Waals surface area contributed by atoms with Crippen LogP contribution in [0.5, 0.6) is 0 Å². The molecule has 2 heterocycles. The number of aliphatic hydroxyl groups is 1. The van der Waals surface area contributed by atoms with Crippen LogP contribution in [0.3, 0.4) is 0 Å². The summed E-state index contributed by atoms with van der Waals surface area (Å²) in [6, 6.07) is 5.22. The predicted octanol–water partition coefficient (Wildman–Crippen LogP) is 4.52. The maximum absolute atomic E-state index is 14.1. The van der Waals surface area contributed by atoms with Gasteiger partial charge in [-0.2, -0.15) is 4.39 Å². The molecule has 0 spiro atoms. The lowest BCUT2D eigenvalue weighted by atomic mass is 9.77. The van der Waals surface area contributed by atoms with Crippen LogP contribution in [0.2, 0.25) is 5.02 Å². The molecule has 0 saturated carbocycles. The van der Waals surface area contributed by atoms with Gasteiger partial charge in [0.25, 0.3) is 0 Å². The Labute approximate surface area is 140 Å². The number of hydrogen-bond donors (Lipinski definition) is 2. The van der Waals surface area contributed by atoms with Crippen LogP contribution in [0.15, 0.2) is 24.4 Å². The SMILES string of the molecule is Cc1cc(-c2cccnc2F)c(Cl)c2c1NC(C)(C)C(O)C2C. The summed E-state index contributed by atoms with van der Waals surface area (Å²) in [7, 11) is 0. The molecule has 2 unspecified atom stereocenters. The van der Waals surface area contributed by atoms with Gasteiger partial charge in [0.1, 0.15) is 0 Å². The largest absolute Gasteiger partial charge is 0.390 e. The first-order valence-electron chi connectivity index (χ1n) is 7.64. The highest BCUT2D eigenvalue weighted by molar-refractivity contribution is 6.34. The van der Waals surface area contributed by atoms with Gasteiger partial charge in [-0.1, -0.05) is 18.5 Å². The Morgan fingerprint density at radius 3 is 2.70 bits per heavy atom. The minimum absolute atomic E-state index is 0.160. The van der Waals surface area contributed by atoms with E-state index in [1.54, 1.807) is 12.1 Å². The Bertz CT molecular complexity index is 776. The monoisotopic (exact) mass is 334 g/mol. The average molecular weight is 335 g/mol. The molecular weight excluding hydrogens is 315 g/mol. The predicted molar refractivity (Wildman–Crippen MR) is 91.5 cm³/mol. The summed E-state index contributed by atoms with van der Waals surface area (Å²) in [5, 5.41) is 14.4.